The molecule has 0 spiro atoms. The SMILES string of the molecule is Fc1ccccc1.ON1CCc2ccccc2C1.[NH-]CC1CCNCC1.[Y]. The fourth-order valence-corrected chi connectivity index (χ4v) is 2.98. The summed E-state index contributed by atoms with van der Waals surface area (Å²) in [4.78, 5) is 0. The smallest absolute Gasteiger partial charge is 0.123 e. The first-order chi connectivity index (χ1) is 12.7. The summed E-state index contributed by atoms with van der Waals surface area (Å²) < 4.78 is 11.9. The average molecular weight is 447 g/mol. The summed E-state index contributed by atoms with van der Waals surface area (Å²) in [5.74, 6) is 0.513. The monoisotopic (exact) mass is 447 g/mol. The van der Waals surface area contributed by atoms with E-state index >= 15 is 0 Å². The Labute approximate surface area is 187 Å². The third-order valence-electron chi connectivity index (χ3n) is 4.59. The van der Waals surface area contributed by atoms with E-state index in [1.807, 2.05) is 12.1 Å². The van der Waals surface area contributed by atoms with Crippen molar-refractivity contribution in [3.05, 3.63) is 77.3 Å². The minimum atomic E-state index is -0.178. The van der Waals surface area contributed by atoms with Crippen molar-refractivity contribution in [1.29, 1.82) is 0 Å². The average Bonchev–Trinajstić information content (AvgIpc) is 2.70. The Balaban J connectivity index is 0.000000205. The number of hydrogen-bond acceptors (Lipinski definition) is 3. The molecule has 0 saturated carbocycles. The first-order valence-electron chi connectivity index (χ1n) is 9.25. The molecule has 27 heavy (non-hydrogen) atoms. The molecule has 0 bridgehead atoms. The maximum absolute atomic E-state index is 11.9. The molecular weight excluding hydrogens is 418 g/mol. The number of piperidine rings is 1. The summed E-state index contributed by atoms with van der Waals surface area (Å²) in [6.45, 7) is 4.32. The molecule has 2 heterocycles. The van der Waals surface area contributed by atoms with Crippen molar-refractivity contribution in [2.75, 3.05) is 26.2 Å². The van der Waals surface area contributed by atoms with Crippen LogP contribution in [0.3, 0.4) is 0 Å². The van der Waals surface area contributed by atoms with Crippen molar-refractivity contribution < 1.29 is 42.3 Å². The van der Waals surface area contributed by atoms with Gasteiger partial charge in [-0.3, -0.25) is 0 Å². The van der Waals surface area contributed by atoms with Crippen LogP contribution in [0.2, 0.25) is 0 Å². The van der Waals surface area contributed by atoms with E-state index in [-0.39, 0.29) is 38.5 Å². The maximum Gasteiger partial charge on any atom is 0.123 e. The molecule has 0 amide bonds. The van der Waals surface area contributed by atoms with Crippen molar-refractivity contribution in [3.8, 4) is 0 Å². The van der Waals surface area contributed by atoms with E-state index in [1.165, 1.54) is 41.2 Å². The van der Waals surface area contributed by atoms with Crippen LogP contribution in [-0.4, -0.2) is 36.4 Å². The van der Waals surface area contributed by atoms with Gasteiger partial charge in [0, 0.05) is 45.8 Å². The van der Waals surface area contributed by atoms with Gasteiger partial charge in [-0.2, -0.15) is 5.06 Å². The van der Waals surface area contributed by atoms with Gasteiger partial charge >= 0.3 is 0 Å². The minimum absolute atomic E-state index is 0. The van der Waals surface area contributed by atoms with Gasteiger partial charge in [-0.25, -0.2) is 4.39 Å². The van der Waals surface area contributed by atoms with E-state index in [9.17, 15) is 9.60 Å². The van der Waals surface area contributed by atoms with Crippen LogP contribution in [0.25, 0.3) is 5.73 Å². The molecule has 1 saturated heterocycles. The van der Waals surface area contributed by atoms with Gasteiger partial charge in [0.15, 0.2) is 0 Å². The summed E-state index contributed by atoms with van der Waals surface area (Å²) in [5.41, 5.74) is 9.69. The molecule has 4 rings (SSSR count). The number of hydrogen-bond donors (Lipinski definition) is 2. The molecule has 2 aromatic carbocycles. The fraction of sp³-hybridized carbons (Fsp3) is 0.429. The number of halogens is 1. The zero-order valence-corrected chi connectivity index (χ0v) is 18.6. The third-order valence-corrected chi connectivity index (χ3v) is 4.59. The number of nitrogens with zero attached hydrogens (tertiary/aromatic N) is 1. The van der Waals surface area contributed by atoms with Gasteiger partial charge in [-0.1, -0.05) is 48.4 Å². The molecule has 0 unspecified atom stereocenters. The zero-order valence-electron chi connectivity index (χ0n) is 15.8. The summed E-state index contributed by atoms with van der Waals surface area (Å²) >= 11 is 0. The molecule has 1 radical (unpaired) electrons. The van der Waals surface area contributed by atoms with Gasteiger partial charge in [-0.05, 0) is 55.6 Å². The third kappa shape index (κ3) is 9.88. The molecule has 145 valence electrons. The van der Waals surface area contributed by atoms with E-state index in [4.69, 9.17) is 5.73 Å². The van der Waals surface area contributed by atoms with E-state index in [0.717, 1.165) is 26.1 Å². The standard InChI is InChI=1S/C9H11NO.C6H5F.C6H13N2.Y/c11-10-6-5-8-3-1-2-4-9(8)7-10;7-6-4-2-1-3-5-6;7-5-6-1-3-8-4-2-6;/h1-4,11H,5-7H2;1-5H;6-8H,1-5H2;/q;;-1;. The van der Waals surface area contributed by atoms with Crippen LogP contribution < -0.4 is 5.32 Å². The Morgan fingerprint density at radius 3 is 2.11 bits per heavy atom. The molecule has 0 aromatic heterocycles. The number of fused-ring (bicyclic) bond motifs is 1. The Morgan fingerprint density at radius 1 is 1.00 bits per heavy atom. The molecule has 2 aliphatic rings. The minimum Gasteiger partial charge on any atom is -0.677 e. The summed E-state index contributed by atoms with van der Waals surface area (Å²) in [6.07, 6.45) is 3.39. The molecule has 0 aliphatic carbocycles. The van der Waals surface area contributed by atoms with Gasteiger partial charge < -0.3 is 16.3 Å². The van der Waals surface area contributed by atoms with Crippen LogP contribution in [0.1, 0.15) is 24.0 Å². The summed E-state index contributed by atoms with van der Waals surface area (Å²) in [6, 6.07) is 16.2. The molecule has 1 fully saturated rings. The number of benzene rings is 2. The fourth-order valence-electron chi connectivity index (χ4n) is 2.98. The maximum atomic E-state index is 11.9. The number of rotatable bonds is 1. The van der Waals surface area contributed by atoms with Gasteiger partial charge in [-0.15, -0.1) is 6.54 Å². The Bertz CT molecular complexity index is 624. The van der Waals surface area contributed by atoms with Crippen molar-refractivity contribution in [3.63, 3.8) is 0 Å². The zero-order chi connectivity index (χ0) is 18.6. The Morgan fingerprint density at radius 2 is 1.59 bits per heavy atom. The van der Waals surface area contributed by atoms with Gasteiger partial charge in [0.05, 0.1) is 0 Å². The van der Waals surface area contributed by atoms with Crippen molar-refractivity contribution in [1.82, 2.24) is 10.4 Å². The van der Waals surface area contributed by atoms with E-state index < -0.39 is 0 Å². The van der Waals surface area contributed by atoms with Crippen LogP contribution in [0.5, 0.6) is 0 Å². The predicted molar refractivity (Wildman–Crippen MR) is 104 cm³/mol. The Hall–Kier alpha value is -0.686. The Kier molecular flexibility index (Phi) is 12.9. The van der Waals surface area contributed by atoms with Crippen LogP contribution in [0.4, 0.5) is 4.39 Å². The summed E-state index contributed by atoms with van der Waals surface area (Å²) in [7, 11) is 0. The molecule has 4 nitrogen and oxygen atoms in total. The largest absolute Gasteiger partial charge is 0.677 e. The molecule has 0 atom stereocenters. The second kappa shape index (κ2) is 14.3. The number of nitrogens with one attached hydrogen (secondary N) is 2. The molecular formula is C21H29FN3OY-. The van der Waals surface area contributed by atoms with Crippen molar-refractivity contribution in [2.24, 2.45) is 5.92 Å². The second-order valence-corrected chi connectivity index (χ2v) is 6.60. The summed E-state index contributed by atoms with van der Waals surface area (Å²) in [5, 5.41) is 13.8. The molecule has 6 heteroatoms. The topological polar surface area (TPSA) is 59.3 Å². The van der Waals surface area contributed by atoms with Crippen LogP contribution in [-0.2, 0) is 45.7 Å². The van der Waals surface area contributed by atoms with Crippen molar-refractivity contribution >= 4 is 0 Å². The number of hydroxylamine groups is 2. The first kappa shape index (κ1) is 24.4. The molecule has 2 aliphatic heterocycles. The van der Waals surface area contributed by atoms with Gasteiger partial charge in [0.1, 0.15) is 5.82 Å². The van der Waals surface area contributed by atoms with Gasteiger partial charge in [0.2, 0.25) is 0 Å². The van der Waals surface area contributed by atoms with Crippen molar-refractivity contribution in [2.45, 2.75) is 25.8 Å². The quantitative estimate of drug-likeness (QED) is 0.686. The van der Waals surface area contributed by atoms with E-state index in [1.54, 1.807) is 18.2 Å². The van der Waals surface area contributed by atoms with Crippen LogP contribution in [0.15, 0.2) is 54.6 Å². The molecule has 3 N–H and O–H groups in total. The normalized spacial score (nSPS) is 16.6. The first-order valence-corrected chi connectivity index (χ1v) is 9.25. The van der Waals surface area contributed by atoms with Crippen LogP contribution >= 0.6 is 0 Å². The van der Waals surface area contributed by atoms with E-state index in [2.05, 4.69) is 17.4 Å². The van der Waals surface area contributed by atoms with Gasteiger partial charge in [0.25, 0.3) is 0 Å². The molecule has 2 aromatic rings. The predicted octanol–water partition coefficient (Wildman–Crippen LogP) is 4.30. The van der Waals surface area contributed by atoms with E-state index in [0.29, 0.717) is 19.0 Å². The van der Waals surface area contributed by atoms with Crippen LogP contribution in [0, 0.1) is 11.7 Å². The second-order valence-electron chi connectivity index (χ2n) is 6.60.